The first-order valence-electron chi connectivity index (χ1n) is 6.97. The molecule has 2 saturated carbocycles. The predicted octanol–water partition coefficient (Wildman–Crippen LogP) is 5.03. The van der Waals surface area contributed by atoms with E-state index in [4.69, 9.17) is 0 Å². The van der Waals surface area contributed by atoms with Gasteiger partial charge < -0.3 is 0 Å². The standard InChI is InChI=1S/C15H28/c1-12(2)13-7-10-14(3)8-5-6-9-15(14,4)11-13/h12-13H,5-11H2,1-4H3/t13-,14+,15-/m1/s1. The first-order chi connectivity index (χ1) is 6.97. The molecule has 0 heterocycles. The van der Waals surface area contributed by atoms with E-state index in [0.29, 0.717) is 10.8 Å². The molecule has 2 fully saturated rings. The SMILES string of the molecule is CC(C)[C@@H]1CC[C@]2(C)CCCC[C@]2(C)C1. The monoisotopic (exact) mass is 208 g/mol. The lowest BCUT2D eigenvalue weighted by Gasteiger charge is -2.56. The molecule has 0 spiro atoms. The Bertz CT molecular complexity index is 230. The molecule has 15 heavy (non-hydrogen) atoms. The zero-order valence-corrected chi connectivity index (χ0v) is 11.1. The fourth-order valence-electron chi connectivity index (χ4n) is 4.16. The van der Waals surface area contributed by atoms with E-state index in [2.05, 4.69) is 27.7 Å². The molecule has 2 aliphatic rings. The number of rotatable bonds is 1. The van der Waals surface area contributed by atoms with Crippen LogP contribution in [0.3, 0.4) is 0 Å². The van der Waals surface area contributed by atoms with Gasteiger partial charge in [0.05, 0.1) is 0 Å². The van der Waals surface area contributed by atoms with Crippen molar-refractivity contribution in [1.82, 2.24) is 0 Å². The van der Waals surface area contributed by atoms with E-state index in [9.17, 15) is 0 Å². The van der Waals surface area contributed by atoms with Crippen molar-refractivity contribution < 1.29 is 0 Å². The Morgan fingerprint density at radius 2 is 1.53 bits per heavy atom. The Kier molecular flexibility index (Phi) is 2.90. The van der Waals surface area contributed by atoms with Crippen LogP contribution in [0.1, 0.15) is 72.6 Å². The summed E-state index contributed by atoms with van der Waals surface area (Å²) in [6, 6.07) is 0. The molecule has 0 amide bonds. The highest BCUT2D eigenvalue weighted by Gasteiger charge is 2.49. The summed E-state index contributed by atoms with van der Waals surface area (Å²) in [5.41, 5.74) is 1.34. The largest absolute Gasteiger partial charge is 0.0625 e. The second-order valence-electron chi connectivity index (χ2n) is 7.08. The van der Waals surface area contributed by atoms with Crippen molar-refractivity contribution in [2.45, 2.75) is 72.6 Å². The second kappa shape index (κ2) is 3.79. The van der Waals surface area contributed by atoms with Crippen LogP contribution in [0.2, 0.25) is 0 Å². The predicted molar refractivity (Wildman–Crippen MR) is 66.9 cm³/mol. The van der Waals surface area contributed by atoms with Gasteiger partial charge >= 0.3 is 0 Å². The molecule has 0 N–H and O–H groups in total. The lowest BCUT2D eigenvalue weighted by Crippen LogP contribution is -2.46. The topological polar surface area (TPSA) is 0 Å². The van der Waals surface area contributed by atoms with Crippen LogP contribution < -0.4 is 0 Å². The van der Waals surface area contributed by atoms with E-state index in [-0.39, 0.29) is 0 Å². The highest BCUT2D eigenvalue weighted by atomic mass is 14.5. The maximum absolute atomic E-state index is 2.58. The van der Waals surface area contributed by atoms with Crippen molar-refractivity contribution in [1.29, 1.82) is 0 Å². The normalized spacial score (nSPS) is 46.6. The molecule has 2 rings (SSSR count). The molecule has 0 aromatic rings. The molecule has 0 aromatic carbocycles. The average Bonchev–Trinajstić information content (AvgIpc) is 2.17. The first-order valence-corrected chi connectivity index (χ1v) is 6.97. The first kappa shape index (κ1) is 11.5. The molecule has 0 radical (unpaired) electrons. The van der Waals surface area contributed by atoms with E-state index in [1.54, 1.807) is 0 Å². The third kappa shape index (κ3) is 1.85. The summed E-state index contributed by atoms with van der Waals surface area (Å²) in [5.74, 6) is 1.90. The van der Waals surface area contributed by atoms with E-state index >= 15 is 0 Å². The van der Waals surface area contributed by atoms with Gasteiger partial charge in [0.2, 0.25) is 0 Å². The lowest BCUT2D eigenvalue weighted by molar-refractivity contribution is -0.0566. The Balaban J connectivity index is 2.15. The van der Waals surface area contributed by atoms with Gasteiger partial charge in [0, 0.05) is 0 Å². The number of hydrogen-bond donors (Lipinski definition) is 0. The second-order valence-corrected chi connectivity index (χ2v) is 7.08. The van der Waals surface area contributed by atoms with Crippen LogP contribution in [-0.2, 0) is 0 Å². The molecule has 0 saturated heterocycles. The fraction of sp³-hybridized carbons (Fsp3) is 1.00. The van der Waals surface area contributed by atoms with Gasteiger partial charge in [-0.05, 0) is 54.8 Å². The molecule has 0 bridgehead atoms. The van der Waals surface area contributed by atoms with Crippen molar-refractivity contribution in [2.75, 3.05) is 0 Å². The minimum atomic E-state index is 0.665. The Hall–Kier alpha value is 0. The van der Waals surface area contributed by atoms with Crippen LogP contribution >= 0.6 is 0 Å². The minimum Gasteiger partial charge on any atom is -0.0625 e. The van der Waals surface area contributed by atoms with Crippen molar-refractivity contribution in [3.8, 4) is 0 Å². The van der Waals surface area contributed by atoms with Gasteiger partial charge in [-0.2, -0.15) is 0 Å². The van der Waals surface area contributed by atoms with Crippen LogP contribution in [0.15, 0.2) is 0 Å². The third-order valence-electron chi connectivity index (χ3n) is 5.89. The van der Waals surface area contributed by atoms with Gasteiger partial charge in [0.25, 0.3) is 0 Å². The number of hydrogen-bond acceptors (Lipinski definition) is 0. The summed E-state index contributed by atoms with van der Waals surface area (Å²) >= 11 is 0. The van der Waals surface area contributed by atoms with Crippen LogP contribution in [0.4, 0.5) is 0 Å². The quantitative estimate of drug-likeness (QED) is 0.567. The van der Waals surface area contributed by atoms with Gasteiger partial charge in [-0.3, -0.25) is 0 Å². The Morgan fingerprint density at radius 3 is 2.13 bits per heavy atom. The van der Waals surface area contributed by atoms with Crippen molar-refractivity contribution in [2.24, 2.45) is 22.7 Å². The van der Waals surface area contributed by atoms with Crippen molar-refractivity contribution in [3.63, 3.8) is 0 Å². The van der Waals surface area contributed by atoms with Gasteiger partial charge in [-0.25, -0.2) is 0 Å². The molecule has 0 unspecified atom stereocenters. The van der Waals surface area contributed by atoms with E-state index < -0.39 is 0 Å². The molecule has 0 nitrogen and oxygen atoms in total. The lowest BCUT2D eigenvalue weighted by atomic mass is 9.49. The summed E-state index contributed by atoms with van der Waals surface area (Å²) in [6.07, 6.45) is 10.4. The van der Waals surface area contributed by atoms with Crippen LogP contribution in [0, 0.1) is 22.7 Å². The van der Waals surface area contributed by atoms with Crippen LogP contribution in [0.25, 0.3) is 0 Å². The summed E-state index contributed by atoms with van der Waals surface area (Å²) in [5, 5.41) is 0. The average molecular weight is 208 g/mol. The summed E-state index contributed by atoms with van der Waals surface area (Å²) in [6.45, 7) is 9.99. The zero-order chi connectivity index (χ0) is 11.1. The van der Waals surface area contributed by atoms with E-state index in [0.717, 1.165) is 11.8 Å². The summed E-state index contributed by atoms with van der Waals surface area (Å²) < 4.78 is 0. The molecule has 88 valence electrons. The molecule has 3 atom stereocenters. The molecule has 2 aliphatic carbocycles. The van der Waals surface area contributed by atoms with Gasteiger partial charge in [-0.15, -0.1) is 0 Å². The van der Waals surface area contributed by atoms with Crippen LogP contribution in [0.5, 0.6) is 0 Å². The fourth-order valence-corrected chi connectivity index (χ4v) is 4.16. The maximum atomic E-state index is 2.58. The third-order valence-corrected chi connectivity index (χ3v) is 5.89. The minimum absolute atomic E-state index is 0.665. The smallest absolute Gasteiger partial charge is 0.0269 e. The molecular weight excluding hydrogens is 180 g/mol. The van der Waals surface area contributed by atoms with Crippen molar-refractivity contribution >= 4 is 0 Å². The maximum Gasteiger partial charge on any atom is -0.0269 e. The molecule has 0 aromatic heterocycles. The van der Waals surface area contributed by atoms with Crippen LogP contribution in [-0.4, -0.2) is 0 Å². The zero-order valence-electron chi connectivity index (χ0n) is 11.1. The number of fused-ring (bicyclic) bond motifs is 1. The van der Waals surface area contributed by atoms with E-state index in [1.165, 1.54) is 44.9 Å². The highest BCUT2D eigenvalue weighted by Crippen LogP contribution is 2.60. The Morgan fingerprint density at radius 1 is 0.933 bits per heavy atom. The molecular formula is C15H28. The van der Waals surface area contributed by atoms with Gasteiger partial charge in [-0.1, -0.05) is 40.5 Å². The summed E-state index contributed by atoms with van der Waals surface area (Å²) in [4.78, 5) is 0. The van der Waals surface area contributed by atoms with Crippen molar-refractivity contribution in [3.05, 3.63) is 0 Å². The molecule has 0 aliphatic heterocycles. The van der Waals surface area contributed by atoms with Gasteiger partial charge in [0.1, 0.15) is 0 Å². The Labute approximate surface area is 95.8 Å². The van der Waals surface area contributed by atoms with Gasteiger partial charge in [0.15, 0.2) is 0 Å². The molecule has 0 heteroatoms. The van der Waals surface area contributed by atoms with E-state index in [1.807, 2.05) is 0 Å². The summed E-state index contributed by atoms with van der Waals surface area (Å²) in [7, 11) is 0. The highest BCUT2D eigenvalue weighted by molar-refractivity contribution is 5.00.